The van der Waals surface area contributed by atoms with Gasteiger partial charge in [0.2, 0.25) is 0 Å². The second-order valence-corrected chi connectivity index (χ2v) is 3.91. The van der Waals surface area contributed by atoms with Gasteiger partial charge in [-0.3, -0.25) is 4.79 Å². The highest BCUT2D eigenvalue weighted by Gasteiger charge is 2.10. The van der Waals surface area contributed by atoms with E-state index in [1.807, 2.05) is 0 Å². The average molecular weight is 284 g/mol. The molecule has 0 saturated heterocycles. The molecular weight excluding hydrogens is 277 g/mol. The van der Waals surface area contributed by atoms with Crippen molar-refractivity contribution in [1.29, 1.82) is 0 Å². The standard InChI is InChI=1S/C11H7BrFNO2/c12-8-4-3-7(13)6-9(8)14-11(15)10-2-1-5-16-10/h1-6H,(H,14,15). The molecule has 0 aliphatic carbocycles. The molecule has 1 heterocycles. The first-order valence-corrected chi connectivity index (χ1v) is 5.26. The van der Waals surface area contributed by atoms with E-state index in [9.17, 15) is 9.18 Å². The summed E-state index contributed by atoms with van der Waals surface area (Å²) in [5.74, 6) is -0.662. The molecule has 2 rings (SSSR count). The van der Waals surface area contributed by atoms with E-state index in [0.29, 0.717) is 10.2 Å². The van der Waals surface area contributed by atoms with Gasteiger partial charge in [-0.15, -0.1) is 0 Å². The molecule has 0 saturated carbocycles. The maximum Gasteiger partial charge on any atom is 0.291 e. The Hall–Kier alpha value is -1.62. The molecule has 0 spiro atoms. The Bertz CT molecular complexity index is 511. The number of carbonyl (C=O) groups is 1. The zero-order chi connectivity index (χ0) is 11.5. The van der Waals surface area contributed by atoms with E-state index in [2.05, 4.69) is 21.2 Å². The molecule has 82 valence electrons. The SMILES string of the molecule is O=C(Nc1cc(F)ccc1Br)c1ccco1. The highest BCUT2D eigenvalue weighted by atomic mass is 79.9. The Morgan fingerprint density at radius 3 is 2.88 bits per heavy atom. The zero-order valence-electron chi connectivity index (χ0n) is 8.04. The number of carbonyl (C=O) groups excluding carboxylic acids is 1. The first kappa shape index (κ1) is 10.9. The van der Waals surface area contributed by atoms with Crippen molar-refractivity contribution in [2.75, 3.05) is 5.32 Å². The third-order valence-corrected chi connectivity index (χ3v) is 2.61. The number of hydrogen-bond acceptors (Lipinski definition) is 2. The predicted octanol–water partition coefficient (Wildman–Crippen LogP) is 3.43. The second-order valence-electron chi connectivity index (χ2n) is 3.06. The van der Waals surface area contributed by atoms with E-state index >= 15 is 0 Å². The van der Waals surface area contributed by atoms with Crippen LogP contribution < -0.4 is 5.32 Å². The van der Waals surface area contributed by atoms with Gasteiger partial charge in [-0.1, -0.05) is 0 Å². The van der Waals surface area contributed by atoms with Gasteiger partial charge in [0.15, 0.2) is 5.76 Å². The van der Waals surface area contributed by atoms with Crippen molar-refractivity contribution in [2.45, 2.75) is 0 Å². The number of anilines is 1. The molecule has 1 aromatic heterocycles. The molecule has 0 atom stereocenters. The normalized spacial score (nSPS) is 10.1. The Kier molecular flexibility index (Phi) is 3.05. The molecule has 2 aromatic rings. The minimum atomic E-state index is -0.420. The predicted molar refractivity (Wildman–Crippen MR) is 60.8 cm³/mol. The Balaban J connectivity index is 2.21. The van der Waals surface area contributed by atoms with Gasteiger partial charge in [-0.05, 0) is 46.3 Å². The van der Waals surface area contributed by atoms with Gasteiger partial charge in [0, 0.05) is 4.47 Å². The van der Waals surface area contributed by atoms with E-state index in [-0.39, 0.29) is 5.76 Å². The average Bonchev–Trinajstić information content (AvgIpc) is 2.76. The van der Waals surface area contributed by atoms with E-state index in [4.69, 9.17) is 4.42 Å². The van der Waals surface area contributed by atoms with Gasteiger partial charge in [-0.25, -0.2) is 4.39 Å². The van der Waals surface area contributed by atoms with Crippen molar-refractivity contribution in [3.63, 3.8) is 0 Å². The van der Waals surface area contributed by atoms with Crippen LogP contribution in [0.15, 0.2) is 45.5 Å². The molecule has 0 unspecified atom stereocenters. The summed E-state index contributed by atoms with van der Waals surface area (Å²) in [7, 11) is 0. The molecule has 0 aliphatic heterocycles. The van der Waals surface area contributed by atoms with E-state index < -0.39 is 11.7 Å². The van der Waals surface area contributed by atoms with Gasteiger partial charge in [0.1, 0.15) is 5.82 Å². The van der Waals surface area contributed by atoms with Crippen LogP contribution in [0.4, 0.5) is 10.1 Å². The van der Waals surface area contributed by atoms with Crippen molar-refractivity contribution in [2.24, 2.45) is 0 Å². The number of furan rings is 1. The van der Waals surface area contributed by atoms with Gasteiger partial charge in [0.25, 0.3) is 5.91 Å². The Morgan fingerprint density at radius 2 is 2.19 bits per heavy atom. The van der Waals surface area contributed by atoms with Crippen LogP contribution in [0.3, 0.4) is 0 Å². The summed E-state index contributed by atoms with van der Waals surface area (Å²) in [5.41, 5.74) is 0.362. The fourth-order valence-corrected chi connectivity index (χ4v) is 1.53. The number of amides is 1. The van der Waals surface area contributed by atoms with Crippen molar-refractivity contribution >= 4 is 27.5 Å². The molecule has 0 fully saturated rings. The van der Waals surface area contributed by atoms with Crippen molar-refractivity contribution in [1.82, 2.24) is 0 Å². The van der Waals surface area contributed by atoms with Crippen molar-refractivity contribution < 1.29 is 13.6 Å². The molecule has 0 bridgehead atoms. The molecule has 16 heavy (non-hydrogen) atoms. The van der Waals surface area contributed by atoms with Gasteiger partial charge in [-0.2, -0.15) is 0 Å². The highest BCUT2D eigenvalue weighted by molar-refractivity contribution is 9.10. The van der Waals surface area contributed by atoms with Crippen LogP contribution in [0.5, 0.6) is 0 Å². The summed E-state index contributed by atoms with van der Waals surface area (Å²) in [6.07, 6.45) is 1.40. The topological polar surface area (TPSA) is 42.2 Å². The fourth-order valence-electron chi connectivity index (χ4n) is 1.18. The lowest BCUT2D eigenvalue weighted by Gasteiger charge is -2.05. The number of nitrogens with one attached hydrogen (secondary N) is 1. The number of benzene rings is 1. The summed E-state index contributed by atoms with van der Waals surface area (Å²) in [6, 6.07) is 7.18. The smallest absolute Gasteiger partial charge is 0.291 e. The Morgan fingerprint density at radius 1 is 1.38 bits per heavy atom. The number of halogens is 2. The van der Waals surface area contributed by atoms with Crippen molar-refractivity contribution in [3.8, 4) is 0 Å². The first-order chi connectivity index (χ1) is 7.66. The summed E-state index contributed by atoms with van der Waals surface area (Å²) in [5, 5.41) is 2.53. The molecule has 3 nitrogen and oxygen atoms in total. The Labute approximate surface area is 99.4 Å². The maximum atomic E-state index is 12.9. The van der Waals surface area contributed by atoms with Gasteiger partial charge in [0.05, 0.1) is 12.0 Å². The van der Waals surface area contributed by atoms with Crippen LogP contribution in [0, 0.1) is 5.82 Å². The molecule has 0 aliphatic rings. The van der Waals surface area contributed by atoms with Crippen LogP contribution >= 0.6 is 15.9 Å². The van der Waals surface area contributed by atoms with Crippen LogP contribution in [0.25, 0.3) is 0 Å². The summed E-state index contributed by atoms with van der Waals surface area (Å²) in [4.78, 5) is 11.6. The molecule has 1 amide bonds. The quantitative estimate of drug-likeness (QED) is 0.918. The van der Waals surface area contributed by atoms with Crippen LogP contribution in [0.1, 0.15) is 10.6 Å². The van der Waals surface area contributed by atoms with E-state index in [0.717, 1.165) is 0 Å². The lowest BCUT2D eigenvalue weighted by Crippen LogP contribution is -2.11. The molecule has 0 radical (unpaired) electrons. The number of hydrogen-bond donors (Lipinski definition) is 1. The molecule has 1 aromatic carbocycles. The largest absolute Gasteiger partial charge is 0.459 e. The lowest BCUT2D eigenvalue weighted by atomic mass is 10.3. The molecule has 5 heteroatoms. The minimum absolute atomic E-state index is 0.177. The van der Waals surface area contributed by atoms with Crippen LogP contribution in [-0.4, -0.2) is 5.91 Å². The van der Waals surface area contributed by atoms with E-state index in [1.54, 1.807) is 6.07 Å². The van der Waals surface area contributed by atoms with Crippen LogP contribution in [0.2, 0.25) is 0 Å². The second kappa shape index (κ2) is 4.49. The lowest BCUT2D eigenvalue weighted by molar-refractivity contribution is 0.0996. The van der Waals surface area contributed by atoms with Gasteiger partial charge >= 0.3 is 0 Å². The molecular formula is C11H7BrFNO2. The van der Waals surface area contributed by atoms with E-state index in [1.165, 1.54) is 30.5 Å². The van der Waals surface area contributed by atoms with Crippen molar-refractivity contribution in [3.05, 3.63) is 52.6 Å². The monoisotopic (exact) mass is 283 g/mol. The first-order valence-electron chi connectivity index (χ1n) is 4.47. The maximum absolute atomic E-state index is 12.9. The van der Waals surface area contributed by atoms with Gasteiger partial charge < -0.3 is 9.73 Å². The molecule has 1 N–H and O–H groups in total. The summed E-state index contributed by atoms with van der Waals surface area (Å²) in [6.45, 7) is 0. The third kappa shape index (κ3) is 2.30. The highest BCUT2D eigenvalue weighted by Crippen LogP contribution is 2.23. The minimum Gasteiger partial charge on any atom is -0.459 e. The van der Waals surface area contributed by atoms with Crippen LogP contribution in [-0.2, 0) is 0 Å². The fraction of sp³-hybridized carbons (Fsp3) is 0. The number of rotatable bonds is 2. The summed E-state index contributed by atoms with van der Waals surface area (Å²) >= 11 is 3.21. The third-order valence-electron chi connectivity index (χ3n) is 1.92. The summed E-state index contributed by atoms with van der Waals surface area (Å²) < 4.78 is 18.5. The zero-order valence-corrected chi connectivity index (χ0v) is 9.62.